The summed E-state index contributed by atoms with van der Waals surface area (Å²) in [5.41, 5.74) is 10.8. The van der Waals surface area contributed by atoms with Crippen molar-refractivity contribution in [1.29, 1.82) is 0 Å². The third kappa shape index (κ3) is 3.33. The second kappa shape index (κ2) is 6.67. The maximum atomic E-state index is 6.49. The summed E-state index contributed by atoms with van der Waals surface area (Å²) in [5.74, 6) is 0. The minimum absolute atomic E-state index is 0.0921. The molecular formula is C19H23NS. The van der Waals surface area contributed by atoms with Crippen molar-refractivity contribution in [3.63, 3.8) is 0 Å². The molecule has 2 aromatic rings. The third-order valence-corrected chi connectivity index (χ3v) is 5.80. The van der Waals surface area contributed by atoms with Crippen LogP contribution in [0.15, 0.2) is 53.4 Å². The van der Waals surface area contributed by atoms with Crippen LogP contribution >= 0.6 is 11.8 Å². The summed E-state index contributed by atoms with van der Waals surface area (Å²) in [5, 5.41) is 0.423. The summed E-state index contributed by atoms with van der Waals surface area (Å²) >= 11 is 1.93. The molecule has 2 heteroatoms. The standard InChI is InChI=1S/C19H23NS/c1-2-18(19(20)15-7-4-3-5-8-15)21-17-12-11-14-9-6-10-16(14)13-17/h3-5,7-8,11-13,18-19H,2,6,9-10,20H2,1H3. The summed E-state index contributed by atoms with van der Waals surface area (Å²) in [4.78, 5) is 1.37. The fourth-order valence-corrected chi connectivity index (χ4v) is 4.27. The third-order valence-electron chi connectivity index (χ3n) is 4.34. The normalized spacial score (nSPS) is 16.5. The molecule has 0 bridgehead atoms. The Labute approximate surface area is 132 Å². The van der Waals surface area contributed by atoms with Crippen LogP contribution in [0, 0.1) is 0 Å². The number of benzene rings is 2. The Bertz CT molecular complexity index is 594. The van der Waals surface area contributed by atoms with E-state index < -0.39 is 0 Å². The van der Waals surface area contributed by atoms with Gasteiger partial charge in [-0.1, -0.05) is 43.3 Å². The van der Waals surface area contributed by atoms with E-state index in [0.29, 0.717) is 5.25 Å². The number of rotatable bonds is 5. The Hall–Kier alpha value is -1.25. The van der Waals surface area contributed by atoms with Gasteiger partial charge in [-0.05, 0) is 54.5 Å². The van der Waals surface area contributed by atoms with Gasteiger partial charge in [0.05, 0.1) is 0 Å². The molecule has 2 atom stereocenters. The molecule has 2 N–H and O–H groups in total. The monoisotopic (exact) mass is 297 g/mol. The van der Waals surface area contributed by atoms with Gasteiger partial charge < -0.3 is 5.73 Å². The molecule has 0 fully saturated rings. The van der Waals surface area contributed by atoms with Gasteiger partial charge in [0, 0.05) is 16.2 Å². The van der Waals surface area contributed by atoms with Gasteiger partial charge in [0.1, 0.15) is 0 Å². The average molecular weight is 297 g/mol. The van der Waals surface area contributed by atoms with Crippen molar-refractivity contribution in [3.05, 3.63) is 65.2 Å². The lowest BCUT2D eigenvalue weighted by atomic mass is 10.0. The number of nitrogens with two attached hydrogens (primary N) is 1. The fraction of sp³-hybridized carbons (Fsp3) is 0.368. The van der Waals surface area contributed by atoms with Crippen molar-refractivity contribution >= 4 is 11.8 Å². The van der Waals surface area contributed by atoms with Crippen LogP contribution in [0.4, 0.5) is 0 Å². The number of thioether (sulfide) groups is 1. The second-order valence-electron chi connectivity index (χ2n) is 5.79. The van der Waals surface area contributed by atoms with Gasteiger partial charge in [0.2, 0.25) is 0 Å². The van der Waals surface area contributed by atoms with Crippen molar-refractivity contribution < 1.29 is 0 Å². The lowest BCUT2D eigenvalue weighted by Gasteiger charge is -2.23. The molecule has 1 aliphatic rings. The summed E-state index contributed by atoms with van der Waals surface area (Å²) in [6, 6.07) is 17.5. The Morgan fingerprint density at radius 1 is 1.05 bits per heavy atom. The maximum absolute atomic E-state index is 6.49. The summed E-state index contributed by atoms with van der Waals surface area (Å²) < 4.78 is 0. The summed E-state index contributed by atoms with van der Waals surface area (Å²) in [6.45, 7) is 2.23. The molecule has 0 amide bonds. The molecule has 0 aromatic heterocycles. The van der Waals surface area contributed by atoms with E-state index in [2.05, 4.69) is 49.4 Å². The van der Waals surface area contributed by atoms with E-state index >= 15 is 0 Å². The van der Waals surface area contributed by atoms with Gasteiger partial charge in [0.25, 0.3) is 0 Å². The zero-order valence-corrected chi connectivity index (χ0v) is 13.4. The van der Waals surface area contributed by atoms with Crippen molar-refractivity contribution in [1.82, 2.24) is 0 Å². The number of aryl methyl sites for hydroxylation is 2. The van der Waals surface area contributed by atoms with Crippen molar-refractivity contribution in [2.24, 2.45) is 5.73 Å². The number of hydrogen-bond acceptors (Lipinski definition) is 2. The van der Waals surface area contributed by atoms with Gasteiger partial charge in [-0.15, -0.1) is 11.8 Å². The molecule has 1 aliphatic carbocycles. The predicted octanol–water partition coefficient (Wildman–Crippen LogP) is 4.75. The van der Waals surface area contributed by atoms with Crippen LogP contribution in [0.2, 0.25) is 0 Å². The first-order valence-electron chi connectivity index (χ1n) is 7.87. The molecule has 0 radical (unpaired) electrons. The lowest BCUT2D eigenvalue weighted by molar-refractivity contribution is 0.656. The van der Waals surface area contributed by atoms with E-state index in [0.717, 1.165) is 6.42 Å². The molecule has 3 rings (SSSR count). The summed E-state index contributed by atoms with van der Waals surface area (Å²) in [6.07, 6.45) is 4.88. The van der Waals surface area contributed by atoms with E-state index in [-0.39, 0.29) is 6.04 Å². The fourth-order valence-electron chi connectivity index (χ4n) is 3.10. The Balaban J connectivity index is 1.75. The topological polar surface area (TPSA) is 26.0 Å². The van der Waals surface area contributed by atoms with Crippen molar-refractivity contribution in [3.8, 4) is 0 Å². The molecule has 2 aromatic carbocycles. The minimum Gasteiger partial charge on any atom is -0.323 e. The Morgan fingerprint density at radius 3 is 2.57 bits per heavy atom. The highest BCUT2D eigenvalue weighted by atomic mass is 32.2. The van der Waals surface area contributed by atoms with Crippen LogP contribution in [0.1, 0.15) is 42.5 Å². The SMILES string of the molecule is CCC(Sc1ccc2c(c1)CCC2)C(N)c1ccccc1. The summed E-state index contributed by atoms with van der Waals surface area (Å²) in [7, 11) is 0. The Kier molecular flexibility index (Phi) is 4.67. The van der Waals surface area contributed by atoms with Gasteiger partial charge in [-0.2, -0.15) is 0 Å². The predicted molar refractivity (Wildman–Crippen MR) is 91.8 cm³/mol. The zero-order valence-electron chi connectivity index (χ0n) is 12.6. The molecule has 0 saturated carbocycles. The highest BCUT2D eigenvalue weighted by Crippen LogP contribution is 2.35. The first kappa shape index (κ1) is 14.7. The van der Waals surface area contributed by atoms with Crippen LogP contribution in [0.25, 0.3) is 0 Å². The van der Waals surface area contributed by atoms with Crippen LogP contribution in [-0.2, 0) is 12.8 Å². The second-order valence-corrected chi connectivity index (χ2v) is 7.10. The van der Waals surface area contributed by atoms with E-state index in [1.54, 1.807) is 11.1 Å². The molecule has 21 heavy (non-hydrogen) atoms. The lowest BCUT2D eigenvalue weighted by Crippen LogP contribution is -2.23. The molecule has 0 heterocycles. The van der Waals surface area contributed by atoms with E-state index in [4.69, 9.17) is 5.73 Å². The first-order chi connectivity index (χ1) is 10.3. The molecule has 2 unspecified atom stereocenters. The number of hydrogen-bond donors (Lipinski definition) is 1. The van der Waals surface area contributed by atoms with Crippen LogP contribution in [-0.4, -0.2) is 5.25 Å². The molecular weight excluding hydrogens is 274 g/mol. The van der Waals surface area contributed by atoms with Crippen molar-refractivity contribution in [2.45, 2.75) is 48.8 Å². The minimum atomic E-state index is 0.0921. The van der Waals surface area contributed by atoms with Gasteiger partial charge in [0.15, 0.2) is 0 Å². The van der Waals surface area contributed by atoms with Gasteiger partial charge in [-0.25, -0.2) is 0 Å². The van der Waals surface area contributed by atoms with E-state index in [1.165, 1.54) is 29.7 Å². The molecule has 0 aliphatic heterocycles. The van der Waals surface area contributed by atoms with Crippen molar-refractivity contribution in [2.75, 3.05) is 0 Å². The van der Waals surface area contributed by atoms with E-state index in [1.807, 2.05) is 17.8 Å². The maximum Gasteiger partial charge on any atom is 0.0418 e. The van der Waals surface area contributed by atoms with Crippen LogP contribution < -0.4 is 5.73 Å². The quantitative estimate of drug-likeness (QED) is 0.806. The highest BCUT2D eigenvalue weighted by Gasteiger charge is 2.20. The smallest absolute Gasteiger partial charge is 0.0418 e. The molecule has 0 saturated heterocycles. The molecule has 0 spiro atoms. The number of fused-ring (bicyclic) bond motifs is 1. The van der Waals surface area contributed by atoms with Gasteiger partial charge >= 0.3 is 0 Å². The Morgan fingerprint density at radius 2 is 1.81 bits per heavy atom. The zero-order chi connectivity index (χ0) is 14.7. The van der Waals surface area contributed by atoms with Gasteiger partial charge in [-0.3, -0.25) is 0 Å². The highest BCUT2D eigenvalue weighted by molar-refractivity contribution is 8.00. The molecule has 110 valence electrons. The largest absolute Gasteiger partial charge is 0.323 e. The average Bonchev–Trinajstić information content (AvgIpc) is 3.00. The molecule has 1 nitrogen and oxygen atoms in total. The first-order valence-corrected chi connectivity index (χ1v) is 8.75. The van der Waals surface area contributed by atoms with Crippen LogP contribution in [0.5, 0.6) is 0 Å². The van der Waals surface area contributed by atoms with Crippen LogP contribution in [0.3, 0.4) is 0 Å². The van der Waals surface area contributed by atoms with E-state index in [9.17, 15) is 0 Å².